The number of aliphatic hydroxyl groups is 1. The molecule has 0 heterocycles. The SMILES string of the molecule is C[C@H](O)[C@H](NC(=O)[C@@H](CCCN=C(N)N)NC(=O)CNC(=O)[C@@H](CCC(=O)O)NC(=O)[C@@H](N)CCCN=C(N)N)C(=O)O. The van der Waals surface area contributed by atoms with Gasteiger partial charge in [0.25, 0.3) is 0 Å². The first kappa shape index (κ1) is 38.3. The van der Waals surface area contributed by atoms with E-state index >= 15 is 0 Å². The van der Waals surface area contributed by atoms with Gasteiger partial charge in [-0.15, -0.1) is 0 Å². The first-order valence-electron chi connectivity index (χ1n) is 13.2. The minimum Gasteiger partial charge on any atom is -0.481 e. The van der Waals surface area contributed by atoms with E-state index in [4.69, 9.17) is 33.8 Å². The smallest absolute Gasteiger partial charge is 0.328 e. The lowest BCUT2D eigenvalue weighted by atomic mass is 10.1. The number of nitrogens with one attached hydrogen (secondary N) is 4. The highest BCUT2D eigenvalue weighted by Crippen LogP contribution is 2.04. The van der Waals surface area contributed by atoms with Crippen LogP contribution in [0.15, 0.2) is 9.98 Å². The van der Waals surface area contributed by atoms with Gasteiger partial charge in [0, 0.05) is 19.5 Å². The maximum absolute atomic E-state index is 12.7. The van der Waals surface area contributed by atoms with Gasteiger partial charge in [0.15, 0.2) is 18.0 Å². The average molecular weight is 618 g/mol. The number of hydrogen-bond acceptors (Lipinski definition) is 10. The number of nitrogens with zero attached hydrogens (tertiary/aromatic N) is 2. The molecule has 43 heavy (non-hydrogen) atoms. The summed E-state index contributed by atoms with van der Waals surface area (Å²) in [7, 11) is 0. The van der Waals surface area contributed by atoms with Crippen LogP contribution in [-0.4, -0.2) is 113 Å². The molecular weight excluding hydrogens is 574 g/mol. The second kappa shape index (κ2) is 20.2. The third kappa shape index (κ3) is 17.6. The first-order chi connectivity index (χ1) is 20.0. The molecule has 0 saturated heterocycles. The number of aliphatic carboxylic acids is 2. The fourth-order valence-corrected chi connectivity index (χ4v) is 3.42. The second-order valence-corrected chi connectivity index (χ2v) is 9.40. The van der Waals surface area contributed by atoms with Gasteiger partial charge in [-0.3, -0.25) is 34.0 Å². The third-order valence-electron chi connectivity index (χ3n) is 5.65. The van der Waals surface area contributed by atoms with Crippen LogP contribution < -0.4 is 49.9 Å². The molecule has 0 aromatic carbocycles. The number of rotatable bonds is 21. The van der Waals surface area contributed by atoms with Gasteiger partial charge < -0.3 is 65.3 Å². The first-order valence-corrected chi connectivity index (χ1v) is 13.2. The highest BCUT2D eigenvalue weighted by atomic mass is 16.4. The molecular formula is C23H43N11O9. The van der Waals surface area contributed by atoms with E-state index < -0.39 is 78.8 Å². The van der Waals surface area contributed by atoms with Crippen LogP contribution >= 0.6 is 0 Å². The molecule has 0 aliphatic rings. The molecule has 0 radical (unpaired) electrons. The zero-order chi connectivity index (χ0) is 33.1. The molecule has 0 aromatic heterocycles. The second-order valence-electron chi connectivity index (χ2n) is 9.40. The van der Waals surface area contributed by atoms with Gasteiger partial charge in [-0.1, -0.05) is 0 Å². The molecule has 5 atom stereocenters. The van der Waals surface area contributed by atoms with Crippen LogP contribution in [0.1, 0.15) is 45.4 Å². The normalized spacial score (nSPS) is 14.0. The Bertz CT molecular complexity index is 1030. The highest BCUT2D eigenvalue weighted by molar-refractivity contribution is 5.94. The van der Waals surface area contributed by atoms with Crippen molar-refractivity contribution in [3.8, 4) is 0 Å². The number of guanidine groups is 2. The van der Waals surface area contributed by atoms with E-state index in [0.29, 0.717) is 6.42 Å². The number of aliphatic imine (C=N–C) groups is 2. The van der Waals surface area contributed by atoms with Crippen LogP contribution in [0.2, 0.25) is 0 Å². The Hall–Kier alpha value is -4.72. The molecule has 244 valence electrons. The van der Waals surface area contributed by atoms with Crippen molar-refractivity contribution in [2.45, 2.75) is 75.7 Å². The summed E-state index contributed by atoms with van der Waals surface area (Å²) in [6.07, 6.45) is -1.62. The highest BCUT2D eigenvalue weighted by Gasteiger charge is 2.30. The Morgan fingerprint density at radius 3 is 1.77 bits per heavy atom. The Kier molecular flexibility index (Phi) is 18.0. The van der Waals surface area contributed by atoms with Gasteiger partial charge in [0.05, 0.1) is 18.7 Å². The summed E-state index contributed by atoms with van der Waals surface area (Å²) >= 11 is 0. The zero-order valence-electron chi connectivity index (χ0n) is 23.8. The molecule has 0 aliphatic carbocycles. The number of carboxylic acids is 2. The minimum atomic E-state index is -1.67. The number of nitrogens with two attached hydrogens (primary N) is 5. The van der Waals surface area contributed by atoms with Crippen LogP contribution in [0.4, 0.5) is 0 Å². The van der Waals surface area contributed by atoms with E-state index in [9.17, 15) is 39.0 Å². The van der Waals surface area contributed by atoms with Crippen LogP contribution in [0.5, 0.6) is 0 Å². The molecule has 0 saturated carbocycles. The fraction of sp³-hybridized carbons (Fsp3) is 0.652. The van der Waals surface area contributed by atoms with Crippen LogP contribution in [-0.2, 0) is 28.8 Å². The van der Waals surface area contributed by atoms with Crippen molar-refractivity contribution in [1.29, 1.82) is 0 Å². The lowest BCUT2D eigenvalue weighted by Crippen LogP contribution is -2.56. The maximum Gasteiger partial charge on any atom is 0.328 e. The predicted molar refractivity (Wildman–Crippen MR) is 153 cm³/mol. The largest absolute Gasteiger partial charge is 0.481 e. The molecule has 20 nitrogen and oxygen atoms in total. The number of amides is 4. The minimum absolute atomic E-state index is 0.0488. The summed E-state index contributed by atoms with van der Waals surface area (Å²) in [5, 5.41) is 37.0. The number of carbonyl (C=O) groups excluding carboxylic acids is 4. The molecule has 0 bridgehead atoms. The Morgan fingerprint density at radius 2 is 1.28 bits per heavy atom. The van der Waals surface area contributed by atoms with Gasteiger partial charge in [0.1, 0.15) is 12.1 Å². The van der Waals surface area contributed by atoms with Gasteiger partial charge in [-0.2, -0.15) is 0 Å². The van der Waals surface area contributed by atoms with E-state index in [0.717, 1.165) is 6.92 Å². The van der Waals surface area contributed by atoms with E-state index in [-0.39, 0.29) is 50.7 Å². The van der Waals surface area contributed by atoms with Gasteiger partial charge in [-0.25, -0.2) is 4.79 Å². The molecule has 17 N–H and O–H groups in total. The molecule has 20 heteroatoms. The molecule has 0 aliphatic heterocycles. The number of hydrogen-bond donors (Lipinski definition) is 12. The Morgan fingerprint density at radius 1 is 0.744 bits per heavy atom. The molecule has 0 aromatic rings. The van der Waals surface area contributed by atoms with E-state index in [1.165, 1.54) is 0 Å². The zero-order valence-corrected chi connectivity index (χ0v) is 23.8. The number of carbonyl (C=O) groups is 6. The summed E-state index contributed by atoms with van der Waals surface area (Å²) in [4.78, 5) is 80.5. The molecule has 0 unspecified atom stereocenters. The van der Waals surface area contributed by atoms with Crippen LogP contribution in [0, 0.1) is 0 Å². The number of aliphatic hydroxyl groups excluding tert-OH is 1. The van der Waals surface area contributed by atoms with E-state index in [2.05, 4.69) is 31.3 Å². The van der Waals surface area contributed by atoms with Crippen molar-refractivity contribution in [3.63, 3.8) is 0 Å². The molecule has 0 spiro atoms. The summed E-state index contributed by atoms with van der Waals surface area (Å²) in [5.74, 6) is -6.53. The van der Waals surface area contributed by atoms with E-state index in [1.807, 2.05) is 0 Å². The summed E-state index contributed by atoms with van der Waals surface area (Å²) in [6.45, 7) is 0.753. The van der Waals surface area contributed by atoms with Crippen molar-refractivity contribution < 1.29 is 44.1 Å². The molecule has 0 rings (SSSR count). The summed E-state index contributed by atoms with van der Waals surface area (Å²) in [6, 6.07) is -5.40. The summed E-state index contributed by atoms with van der Waals surface area (Å²) in [5.41, 5.74) is 26.8. The lowest BCUT2D eigenvalue weighted by molar-refractivity contribution is -0.145. The predicted octanol–water partition coefficient (Wildman–Crippen LogP) is -5.68. The quantitative estimate of drug-likeness (QED) is 0.0324. The van der Waals surface area contributed by atoms with Crippen LogP contribution in [0.25, 0.3) is 0 Å². The van der Waals surface area contributed by atoms with E-state index in [1.54, 1.807) is 0 Å². The Labute approximate surface area is 247 Å². The standard InChI is InChI=1S/C23H43N11O9/c1-11(35)17(21(42)43)34-20(41)13(5-3-9-30-23(27)28)32-15(36)10-31-19(40)14(6-7-16(37)38)33-18(39)12(24)4-2-8-29-22(25)26/h11-14,17,35H,2-10,24H2,1H3,(H,31,40)(H,32,36)(H,33,39)(H,34,41)(H,37,38)(H,42,43)(H4,25,26,29)(H4,27,28,30)/t11-,12-,13+,14+,17-/m0/s1. The molecule has 4 amide bonds. The van der Waals surface area contributed by atoms with Gasteiger partial charge in [0.2, 0.25) is 23.6 Å². The summed E-state index contributed by atoms with van der Waals surface area (Å²) < 4.78 is 0. The van der Waals surface area contributed by atoms with Gasteiger partial charge in [-0.05, 0) is 39.0 Å². The average Bonchev–Trinajstić information content (AvgIpc) is 2.90. The maximum atomic E-state index is 12.7. The molecule has 0 fully saturated rings. The third-order valence-corrected chi connectivity index (χ3v) is 5.65. The Balaban J connectivity index is 5.36. The number of carboxylic acid groups (broad SMARTS) is 2. The van der Waals surface area contributed by atoms with Crippen molar-refractivity contribution >= 4 is 47.5 Å². The van der Waals surface area contributed by atoms with Crippen molar-refractivity contribution in [2.75, 3.05) is 19.6 Å². The van der Waals surface area contributed by atoms with Gasteiger partial charge >= 0.3 is 11.9 Å². The monoisotopic (exact) mass is 617 g/mol. The van der Waals surface area contributed by atoms with Crippen LogP contribution in [0.3, 0.4) is 0 Å². The van der Waals surface area contributed by atoms with Crippen molar-refractivity contribution in [2.24, 2.45) is 38.7 Å². The lowest BCUT2D eigenvalue weighted by Gasteiger charge is -2.23. The van der Waals surface area contributed by atoms with Crippen molar-refractivity contribution in [3.05, 3.63) is 0 Å². The van der Waals surface area contributed by atoms with Crippen molar-refractivity contribution in [1.82, 2.24) is 21.3 Å². The topological polar surface area (TPSA) is 366 Å². The fourth-order valence-electron chi connectivity index (χ4n) is 3.42.